The van der Waals surface area contributed by atoms with E-state index in [2.05, 4.69) is 51.5 Å². The maximum absolute atomic E-state index is 4.46. The molecule has 0 radical (unpaired) electrons. The Hall–Kier alpha value is -2.10. The number of hydrogen-bond donors (Lipinski definition) is 1. The van der Waals surface area contributed by atoms with E-state index in [0.29, 0.717) is 0 Å². The molecule has 4 nitrogen and oxygen atoms in total. The molecule has 0 atom stereocenters. The second-order valence-electron chi connectivity index (χ2n) is 4.96. The number of benzene rings is 1. The minimum absolute atomic E-state index is 0.857. The third-order valence-corrected chi connectivity index (χ3v) is 3.37. The molecule has 0 saturated heterocycles. The van der Waals surface area contributed by atoms with E-state index in [1.807, 2.05) is 19.9 Å². The smallest absolute Gasteiger partial charge is 0.144 e. The van der Waals surface area contributed by atoms with Gasteiger partial charge in [-0.2, -0.15) is 0 Å². The van der Waals surface area contributed by atoms with Crippen molar-refractivity contribution in [1.29, 1.82) is 0 Å². The molecule has 2 rings (SSSR count). The van der Waals surface area contributed by atoms with E-state index in [1.54, 1.807) is 6.20 Å². The van der Waals surface area contributed by atoms with Gasteiger partial charge in [-0.15, -0.1) is 0 Å². The quantitative estimate of drug-likeness (QED) is 0.819. The Labute approximate surface area is 120 Å². The molecule has 0 fully saturated rings. The molecule has 2 aromatic rings. The van der Waals surface area contributed by atoms with E-state index in [4.69, 9.17) is 0 Å². The van der Waals surface area contributed by atoms with Gasteiger partial charge in [0.15, 0.2) is 0 Å². The van der Waals surface area contributed by atoms with E-state index in [-0.39, 0.29) is 0 Å². The summed E-state index contributed by atoms with van der Waals surface area (Å²) in [6.07, 6.45) is 2.85. The molecule has 0 bridgehead atoms. The summed E-state index contributed by atoms with van der Waals surface area (Å²) in [6, 6.07) is 10.4. The van der Waals surface area contributed by atoms with Gasteiger partial charge in [-0.25, -0.2) is 4.98 Å². The molecule has 0 aliphatic heterocycles. The topological polar surface area (TPSA) is 41.1 Å². The normalized spacial score (nSPS) is 10.3. The summed E-state index contributed by atoms with van der Waals surface area (Å²) in [5.74, 6) is 0.857. The predicted octanol–water partition coefficient (Wildman–Crippen LogP) is 3.03. The third-order valence-electron chi connectivity index (χ3n) is 3.37. The number of nitrogens with zero attached hydrogens (tertiary/aromatic N) is 3. The standard InChI is InChI=1S/C16H22N4/c1-13-14(2)19-16(12-18-13)17-10-7-11-20(3)15-8-5-4-6-9-15/h4-6,8-9,12H,7,10-11H2,1-3H3,(H,17,19). The van der Waals surface area contributed by atoms with Gasteiger partial charge in [0.25, 0.3) is 0 Å². The Bertz CT molecular complexity index is 539. The minimum atomic E-state index is 0.857. The second kappa shape index (κ2) is 6.89. The van der Waals surface area contributed by atoms with Crippen LogP contribution < -0.4 is 10.2 Å². The number of hydrogen-bond acceptors (Lipinski definition) is 4. The summed E-state index contributed by atoms with van der Waals surface area (Å²) in [5.41, 5.74) is 3.22. The number of rotatable bonds is 6. The Kier molecular flexibility index (Phi) is 4.93. The first-order valence-corrected chi connectivity index (χ1v) is 6.97. The number of aryl methyl sites for hydroxylation is 2. The monoisotopic (exact) mass is 270 g/mol. The molecule has 0 amide bonds. The molecule has 0 spiro atoms. The fourth-order valence-electron chi connectivity index (χ4n) is 1.97. The van der Waals surface area contributed by atoms with Gasteiger partial charge in [0, 0.05) is 25.8 Å². The number of anilines is 2. The van der Waals surface area contributed by atoms with Crippen LogP contribution >= 0.6 is 0 Å². The summed E-state index contributed by atoms with van der Waals surface area (Å²) < 4.78 is 0. The van der Waals surface area contributed by atoms with Crippen molar-refractivity contribution in [3.8, 4) is 0 Å². The van der Waals surface area contributed by atoms with Crippen LogP contribution in [0.15, 0.2) is 36.5 Å². The van der Waals surface area contributed by atoms with Crippen LogP contribution in [0.25, 0.3) is 0 Å². The molecule has 4 heteroatoms. The zero-order valence-electron chi connectivity index (χ0n) is 12.4. The SMILES string of the molecule is Cc1ncc(NCCCN(C)c2ccccc2)nc1C. The molecule has 0 aliphatic rings. The minimum Gasteiger partial charge on any atom is -0.375 e. The van der Waals surface area contributed by atoms with Crippen molar-refractivity contribution in [2.75, 3.05) is 30.4 Å². The molecule has 0 aliphatic carbocycles. The van der Waals surface area contributed by atoms with Crippen LogP contribution in [0.5, 0.6) is 0 Å². The van der Waals surface area contributed by atoms with Crippen LogP contribution in [-0.2, 0) is 0 Å². The van der Waals surface area contributed by atoms with Crippen LogP contribution in [0.4, 0.5) is 11.5 Å². The largest absolute Gasteiger partial charge is 0.375 e. The van der Waals surface area contributed by atoms with Gasteiger partial charge in [-0.05, 0) is 32.4 Å². The van der Waals surface area contributed by atoms with Crippen molar-refractivity contribution in [3.05, 3.63) is 47.9 Å². The highest BCUT2D eigenvalue weighted by Crippen LogP contribution is 2.11. The van der Waals surface area contributed by atoms with Crippen molar-refractivity contribution >= 4 is 11.5 Å². The van der Waals surface area contributed by atoms with Gasteiger partial charge in [0.05, 0.1) is 17.6 Å². The lowest BCUT2D eigenvalue weighted by Gasteiger charge is -2.19. The first-order chi connectivity index (χ1) is 9.66. The Morgan fingerprint density at radius 1 is 1.10 bits per heavy atom. The van der Waals surface area contributed by atoms with E-state index in [9.17, 15) is 0 Å². The number of para-hydroxylation sites is 1. The first kappa shape index (κ1) is 14.3. The van der Waals surface area contributed by atoms with E-state index in [0.717, 1.165) is 36.7 Å². The van der Waals surface area contributed by atoms with Crippen LogP contribution in [0, 0.1) is 13.8 Å². The summed E-state index contributed by atoms with van der Waals surface area (Å²) in [5, 5.41) is 3.32. The van der Waals surface area contributed by atoms with Crippen molar-refractivity contribution in [2.45, 2.75) is 20.3 Å². The van der Waals surface area contributed by atoms with E-state index >= 15 is 0 Å². The van der Waals surface area contributed by atoms with Crippen LogP contribution in [0.1, 0.15) is 17.8 Å². The van der Waals surface area contributed by atoms with Crippen molar-refractivity contribution in [2.24, 2.45) is 0 Å². The molecule has 20 heavy (non-hydrogen) atoms. The highest BCUT2D eigenvalue weighted by molar-refractivity contribution is 5.44. The average Bonchev–Trinajstić information content (AvgIpc) is 2.48. The van der Waals surface area contributed by atoms with Crippen LogP contribution in [0.3, 0.4) is 0 Å². The Balaban J connectivity index is 1.75. The van der Waals surface area contributed by atoms with Gasteiger partial charge in [-0.3, -0.25) is 4.98 Å². The fraction of sp³-hybridized carbons (Fsp3) is 0.375. The van der Waals surface area contributed by atoms with Crippen molar-refractivity contribution in [3.63, 3.8) is 0 Å². The maximum Gasteiger partial charge on any atom is 0.144 e. The van der Waals surface area contributed by atoms with Gasteiger partial charge < -0.3 is 10.2 Å². The second-order valence-corrected chi connectivity index (χ2v) is 4.96. The third kappa shape index (κ3) is 3.95. The molecule has 1 heterocycles. The van der Waals surface area contributed by atoms with Gasteiger partial charge in [0.2, 0.25) is 0 Å². The fourth-order valence-corrected chi connectivity index (χ4v) is 1.97. The maximum atomic E-state index is 4.46. The zero-order chi connectivity index (χ0) is 14.4. The average molecular weight is 270 g/mol. The molecular formula is C16H22N4. The lowest BCUT2D eigenvalue weighted by atomic mass is 10.3. The summed E-state index contributed by atoms with van der Waals surface area (Å²) in [7, 11) is 2.12. The Morgan fingerprint density at radius 2 is 1.85 bits per heavy atom. The van der Waals surface area contributed by atoms with Crippen molar-refractivity contribution < 1.29 is 0 Å². The summed E-state index contributed by atoms with van der Waals surface area (Å²) in [4.78, 5) is 11.0. The summed E-state index contributed by atoms with van der Waals surface area (Å²) >= 11 is 0. The number of aromatic nitrogens is 2. The number of nitrogens with one attached hydrogen (secondary N) is 1. The highest BCUT2D eigenvalue weighted by Gasteiger charge is 2.01. The van der Waals surface area contributed by atoms with Gasteiger partial charge in [-0.1, -0.05) is 18.2 Å². The van der Waals surface area contributed by atoms with Crippen LogP contribution in [-0.4, -0.2) is 30.1 Å². The molecule has 1 aromatic carbocycles. The van der Waals surface area contributed by atoms with Gasteiger partial charge >= 0.3 is 0 Å². The first-order valence-electron chi connectivity index (χ1n) is 6.97. The van der Waals surface area contributed by atoms with E-state index in [1.165, 1.54) is 5.69 Å². The van der Waals surface area contributed by atoms with Crippen LogP contribution in [0.2, 0.25) is 0 Å². The van der Waals surface area contributed by atoms with E-state index < -0.39 is 0 Å². The summed E-state index contributed by atoms with van der Waals surface area (Å²) in [6.45, 7) is 5.86. The molecular weight excluding hydrogens is 248 g/mol. The molecule has 0 unspecified atom stereocenters. The highest BCUT2D eigenvalue weighted by atomic mass is 15.1. The zero-order valence-corrected chi connectivity index (χ0v) is 12.4. The predicted molar refractivity (Wildman–Crippen MR) is 84.3 cm³/mol. The van der Waals surface area contributed by atoms with Crippen molar-refractivity contribution in [1.82, 2.24) is 9.97 Å². The Morgan fingerprint density at radius 3 is 2.55 bits per heavy atom. The molecule has 0 saturated carbocycles. The van der Waals surface area contributed by atoms with Gasteiger partial charge in [0.1, 0.15) is 5.82 Å². The lowest BCUT2D eigenvalue weighted by molar-refractivity contribution is 0.812. The lowest BCUT2D eigenvalue weighted by Crippen LogP contribution is -2.20. The molecule has 1 N–H and O–H groups in total. The molecule has 106 valence electrons. The molecule has 1 aromatic heterocycles.